The zero-order valence-corrected chi connectivity index (χ0v) is 12.8. The topological polar surface area (TPSA) is 82.1 Å². The van der Waals surface area contributed by atoms with Crippen LogP contribution in [0.15, 0.2) is 6.07 Å². The Balaban J connectivity index is 2.09. The largest absolute Gasteiger partial charge is 0.338 e. The summed E-state index contributed by atoms with van der Waals surface area (Å²) in [5.41, 5.74) is -0.152. The SMILES string of the molecule is Cc1nc2c3cc(C#N)c(F)c(F)c3nc(N3CCNCC3)n2n1. The normalized spacial score (nSPS) is 15.2. The lowest BCUT2D eigenvalue weighted by molar-refractivity contribution is 0.512. The lowest BCUT2D eigenvalue weighted by Gasteiger charge is -2.28. The third-order valence-corrected chi connectivity index (χ3v) is 4.06. The molecule has 0 aliphatic carbocycles. The molecule has 0 bridgehead atoms. The van der Waals surface area contributed by atoms with Crippen molar-refractivity contribution in [2.45, 2.75) is 6.92 Å². The van der Waals surface area contributed by atoms with Crippen LogP contribution in [0.2, 0.25) is 0 Å². The fourth-order valence-electron chi connectivity index (χ4n) is 2.92. The Kier molecular flexibility index (Phi) is 3.28. The predicted octanol–water partition coefficient (Wildman–Crippen LogP) is 1.15. The van der Waals surface area contributed by atoms with Crippen LogP contribution in [0.1, 0.15) is 11.4 Å². The Morgan fingerprint density at radius 1 is 1.21 bits per heavy atom. The maximum Gasteiger partial charge on any atom is 0.229 e. The second-order valence-electron chi connectivity index (χ2n) is 5.60. The number of rotatable bonds is 1. The maximum absolute atomic E-state index is 14.5. The zero-order chi connectivity index (χ0) is 16.8. The number of anilines is 1. The highest BCUT2D eigenvalue weighted by atomic mass is 19.2. The molecule has 2 aromatic heterocycles. The standard InChI is InChI=1S/C15H13F2N7/c1-8-20-14-10-6-9(7-18)11(16)12(17)13(10)21-15(24(14)22-8)23-4-2-19-3-5-23/h6,19H,2-5H2,1H3. The van der Waals surface area contributed by atoms with Crippen LogP contribution in [0, 0.1) is 29.9 Å². The number of hydrogen-bond acceptors (Lipinski definition) is 6. The minimum atomic E-state index is -1.19. The molecule has 3 heterocycles. The number of benzene rings is 1. The molecule has 4 rings (SSSR count). The van der Waals surface area contributed by atoms with Gasteiger partial charge in [-0.05, 0) is 13.0 Å². The number of nitriles is 1. The van der Waals surface area contributed by atoms with E-state index in [0.717, 1.165) is 13.1 Å². The average molecular weight is 329 g/mol. The van der Waals surface area contributed by atoms with Gasteiger partial charge in [0.2, 0.25) is 5.95 Å². The van der Waals surface area contributed by atoms with E-state index in [1.807, 2.05) is 4.90 Å². The van der Waals surface area contributed by atoms with Crippen molar-refractivity contribution in [1.82, 2.24) is 24.9 Å². The molecule has 0 saturated carbocycles. The van der Waals surface area contributed by atoms with E-state index in [1.54, 1.807) is 13.0 Å². The number of nitrogens with zero attached hydrogens (tertiary/aromatic N) is 6. The molecule has 0 radical (unpaired) electrons. The highest BCUT2D eigenvalue weighted by Gasteiger charge is 2.23. The van der Waals surface area contributed by atoms with Crippen LogP contribution in [-0.4, -0.2) is 45.8 Å². The second kappa shape index (κ2) is 5.35. The van der Waals surface area contributed by atoms with Crippen LogP contribution in [0.5, 0.6) is 0 Å². The molecule has 9 heteroatoms. The summed E-state index contributed by atoms with van der Waals surface area (Å²) < 4.78 is 30.0. The monoisotopic (exact) mass is 329 g/mol. The highest BCUT2D eigenvalue weighted by molar-refractivity contribution is 5.93. The van der Waals surface area contributed by atoms with Crippen molar-refractivity contribution >= 4 is 22.5 Å². The Hall–Kier alpha value is -2.86. The molecule has 24 heavy (non-hydrogen) atoms. The van der Waals surface area contributed by atoms with Gasteiger partial charge in [0.05, 0.1) is 5.56 Å². The number of hydrogen-bond donors (Lipinski definition) is 1. The van der Waals surface area contributed by atoms with Gasteiger partial charge in [-0.25, -0.2) is 18.7 Å². The van der Waals surface area contributed by atoms with Crippen LogP contribution in [0.3, 0.4) is 0 Å². The Bertz CT molecular complexity index is 999. The molecule has 0 amide bonds. The molecule has 1 N–H and O–H groups in total. The molecular formula is C15H13F2N7. The summed E-state index contributed by atoms with van der Waals surface area (Å²) in [5, 5.41) is 16.8. The molecule has 7 nitrogen and oxygen atoms in total. The van der Waals surface area contributed by atoms with Crippen molar-refractivity contribution in [3.05, 3.63) is 29.1 Å². The quantitative estimate of drug-likeness (QED) is 0.721. The molecule has 1 aliphatic heterocycles. The number of fused-ring (bicyclic) bond motifs is 3. The summed E-state index contributed by atoms with van der Waals surface area (Å²) >= 11 is 0. The van der Waals surface area contributed by atoms with E-state index in [-0.39, 0.29) is 16.5 Å². The third kappa shape index (κ3) is 2.07. The van der Waals surface area contributed by atoms with Crippen LogP contribution in [0.25, 0.3) is 16.6 Å². The van der Waals surface area contributed by atoms with Gasteiger partial charge in [-0.15, -0.1) is 5.10 Å². The van der Waals surface area contributed by atoms with Crippen LogP contribution in [-0.2, 0) is 0 Å². The highest BCUT2D eigenvalue weighted by Crippen LogP contribution is 2.28. The predicted molar refractivity (Wildman–Crippen MR) is 82.7 cm³/mol. The Labute approximate surface area is 135 Å². The summed E-state index contributed by atoms with van der Waals surface area (Å²) in [7, 11) is 0. The van der Waals surface area contributed by atoms with E-state index >= 15 is 0 Å². The van der Waals surface area contributed by atoms with E-state index in [0.29, 0.717) is 30.5 Å². The van der Waals surface area contributed by atoms with Gasteiger partial charge in [0, 0.05) is 31.6 Å². The van der Waals surface area contributed by atoms with E-state index < -0.39 is 11.6 Å². The first-order chi connectivity index (χ1) is 11.6. The van der Waals surface area contributed by atoms with E-state index in [4.69, 9.17) is 5.26 Å². The summed E-state index contributed by atoms with van der Waals surface area (Å²) in [6, 6.07) is 2.93. The lowest BCUT2D eigenvalue weighted by atomic mass is 10.1. The molecule has 1 fully saturated rings. The van der Waals surface area contributed by atoms with Gasteiger partial charge < -0.3 is 10.2 Å². The first-order valence-electron chi connectivity index (χ1n) is 7.51. The van der Waals surface area contributed by atoms with Gasteiger partial charge in [0.25, 0.3) is 0 Å². The van der Waals surface area contributed by atoms with Crippen molar-refractivity contribution in [2.24, 2.45) is 0 Å². The van der Waals surface area contributed by atoms with Crippen LogP contribution in [0.4, 0.5) is 14.7 Å². The molecule has 122 valence electrons. The maximum atomic E-state index is 14.5. The molecule has 1 aliphatic rings. The third-order valence-electron chi connectivity index (χ3n) is 4.06. The average Bonchev–Trinajstić information content (AvgIpc) is 2.99. The fraction of sp³-hybridized carbons (Fsp3) is 0.333. The van der Waals surface area contributed by atoms with E-state index in [9.17, 15) is 8.78 Å². The minimum absolute atomic E-state index is 0.139. The fourth-order valence-corrected chi connectivity index (χ4v) is 2.92. The van der Waals surface area contributed by atoms with Crippen LogP contribution >= 0.6 is 0 Å². The van der Waals surface area contributed by atoms with Gasteiger partial charge in [-0.3, -0.25) is 0 Å². The van der Waals surface area contributed by atoms with Crippen molar-refractivity contribution in [1.29, 1.82) is 5.26 Å². The number of aromatic nitrogens is 4. The van der Waals surface area contributed by atoms with Crippen molar-refractivity contribution in [3.63, 3.8) is 0 Å². The first kappa shape index (κ1) is 14.7. The summed E-state index contributed by atoms with van der Waals surface area (Å²) in [6.07, 6.45) is 0. The molecule has 1 saturated heterocycles. The van der Waals surface area contributed by atoms with Gasteiger partial charge in [0.15, 0.2) is 17.3 Å². The first-order valence-corrected chi connectivity index (χ1v) is 7.51. The smallest absolute Gasteiger partial charge is 0.229 e. The van der Waals surface area contributed by atoms with Gasteiger partial charge >= 0.3 is 0 Å². The van der Waals surface area contributed by atoms with E-state index in [2.05, 4.69) is 20.4 Å². The number of aryl methyl sites for hydroxylation is 1. The molecule has 3 aromatic rings. The number of piperazine rings is 1. The summed E-state index contributed by atoms with van der Waals surface area (Å²) in [4.78, 5) is 10.6. The van der Waals surface area contributed by atoms with Crippen molar-refractivity contribution < 1.29 is 8.78 Å². The molecule has 0 atom stereocenters. The zero-order valence-electron chi connectivity index (χ0n) is 12.8. The summed E-state index contributed by atoms with van der Waals surface area (Å²) in [6.45, 7) is 4.59. The Morgan fingerprint density at radius 3 is 2.67 bits per heavy atom. The van der Waals surface area contributed by atoms with Crippen molar-refractivity contribution in [2.75, 3.05) is 31.1 Å². The van der Waals surface area contributed by atoms with Gasteiger partial charge in [0.1, 0.15) is 17.4 Å². The minimum Gasteiger partial charge on any atom is -0.338 e. The molecular weight excluding hydrogens is 316 g/mol. The number of halogens is 2. The summed E-state index contributed by atoms with van der Waals surface area (Å²) in [5.74, 6) is -1.42. The van der Waals surface area contributed by atoms with E-state index in [1.165, 1.54) is 10.6 Å². The lowest BCUT2D eigenvalue weighted by Crippen LogP contribution is -2.44. The van der Waals surface area contributed by atoms with Gasteiger partial charge in [-0.1, -0.05) is 0 Å². The van der Waals surface area contributed by atoms with Gasteiger partial charge in [-0.2, -0.15) is 9.78 Å². The van der Waals surface area contributed by atoms with Crippen molar-refractivity contribution in [3.8, 4) is 6.07 Å². The second-order valence-corrected chi connectivity index (χ2v) is 5.60. The molecule has 1 aromatic carbocycles. The van der Waals surface area contributed by atoms with Crippen LogP contribution < -0.4 is 10.2 Å². The molecule has 0 spiro atoms. The number of nitrogens with one attached hydrogen (secondary N) is 1. The Morgan fingerprint density at radius 2 is 1.96 bits per heavy atom. The molecule has 0 unspecified atom stereocenters.